The molecule has 0 bridgehead atoms. The number of hydrogen-bond donors (Lipinski definition) is 3. The Morgan fingerprint density at radius 2 is 2.07 bits per heavy atom. The van der Waals surface area contributed by atoms with Gasteiger partial charge in [-0.2, -0.15) is 4.37 Å². The van der Waals surface area contributed by atoms with Crippen LogP contribution in [-0.2, 0) is 6.61 Å². The molecule has 1 saturated carbocycles. The number of aromatic nitrogens is 1. The second-order valence-corrected chi connectivity index (χ2v) is 7.16. The molecule has 2 aromatic rings. The average Bonchev–Trinajstić information content (AvgIpc) is 3.35. The molecule has 1 fully saturated rings. The molecule has 1 aromatic heterocycles. The van der Waals surface area contributed by atoms with Gasteiger partial charge in [-0.05, 0) is 42.4 Å². The number of halogens is 3. The molecule has 4 N–H and O–H groups in total. The van der Waals surface area contributed by atoms with E-state index in [1.54, 1.807) is 0 Å². The van der Waals surface area contributed by atoms with E-state index in [9.17, 15) is 18.4 Å². The number of benzene rings is 1. The maximum absolute atomic E-state index is 13.8. The summed E-state index contributed by atoms with van der Waals surface area (Å²) in [6.07, 6.45) is 2.15. The van der Waals surface area contributed by atoms with Crippen molar-refractivity contribution in [2.45, 2.75) is 19.4 Å². The van der Waals surface area contributed by atoms with Gasteiger partial charge >= 0.3 is 6.03 Å². The SMILES string of the molecule is NC(=O)c1c(OCc2cc(F)c(Cl)cc2F)nsc1NC(=O)NCC1CC1. The van der Waals surface area contributed by atoms with E-state index in [0.29, 0.717) is 12.5 Å². The van der Waals surface area contributed by atoms with Crippen molar-refractivity contribution in [3.63, 3.8) is 0 Å². The quantitative estimate of drug-likeness (QED) is 0.602. The van der Waals surface area contributed by atoms with Crippen LogP contribution >= 0.6 is 23.1 Å². The van der Waals surface area contributed by atoms with E-state index in [2.05, 4.69) is 15.0 Å². The molecule has 144 valence electrons. The van der Waals surface area contributed by atoms with E-state index in [-0.39, 0.29) is 27.0 Å². The van der Waals surface area contributed by atoms with E-state index < -0.39 is 30.2 Å². The van der Waals surface area contributed by atoms with Crippen LogP contribution in [0.3, 0.4) is 0 Å². The lowest BCUT2D eigenvalue weighted by Gasteiger charge is -2.08. The van der Waals surface area contributed by atoms with Gasteiger partial charge < -0.3 is 15.8 Å². The van der Waals surface area contributed by atoms with Gasteiger partial charge in [0, 0.05) is 12.1 Å². The van der Waals surface area contributed by atoms with Crippen LogP contribution in [0, 0.1) is 17.6 Å². The van der Waals surface area contributed by atoms with Crippen LogP contribution in [-0.4, -0.2) is 22.9 Å². The lowest BCUT2D eigenvalue weighted by Crippen LogP contribution is -2.30. The van der Waals surface area contributed by atoms with E-state index in [1.807, 2.05) is 0 Å². The molecule has 0 radical (unpaired) electrons. The Hall–Kier alpha value is -2.46. The zero-order valence-corrected chi connectivity index (χ0v) is 15.4. The van der Waals surface area contributed by atoms with Crippen molar-refractivity contribution in [2.24, 2.45) is 11.7 Å². The highest BCUT2D eigenvalue weighted by atomic mass is 35.5. The number of primary amides is 1. The topological polar surface area (TPSA) is 106 Å². The van der Waals surface area contributed by atoms with Crippen molar-refractivity contribution in [1.82, 2.24) is 9.69 Å². The standard InChI is InChI=1S/C16H15ClF2N4O3S/c17-9-4-10(18)8(3-11(9)19)6-26-14-12(13(20)24)15(27-23-14)22-16(25)21-5-7-1-2-7/h3-4,7H,1-2,5-6H2,(H2,20,24)(H2,21,22,25). The maximum atomic E-state index is 13.8. The smallest absolute Gasteiger partial charge is 0.319 e. The van der Waals surface area contributed by atoms with Gasteiger partial charge in [0.05, 0.1) is 5.02 Å². The number of urea groups is 1. The van der Waals surface area contributed by atoms with Crippen LogP contribution in [0.5, 0.6) is 5.88 Å². The van der Waals surface area contributed by atoms with Crippen LogP contribution in [0.4, 0.5) is 18.6 Å². The third-order valence-corrected chi connectivity index (χ3v) is 4.87. The van der Waals surface area contributed by atoms with Gasteiger partial charge in [-0.15, -0.1) is 0 Å². The molecule has 3 amide bonds. The lowest BCUT2D eigenvalue weighted by atomic mass is 10.2. The Kier molecular flexibility index (Phi) is 5.76. The number of nitrogens with one attached hydrogen (secondary N) is 2. The number of ether oxygens (including phenoxy) is 1. The van der Waals surface area contributed by atoms with Gasteiger partial charge in [0.15, 0.2) is 0 Å². The van der Waals surface area contributed by atoms with Crippen molar-refractivity contribution in [3.8, 4) is 5.88 Å². The predicted molar refractivity (Wildman–Crippen MR) is 96.1 cm³/mol. The minimum Gasteiger partial charge on any atom is -0.471 e. The minimum absolute atomic E-state index is 0.105. The Bertz CT molecular complexity index is 889. The van der Waals surface area contributed by atoms with E-state index in [4.69, 9.17) is 22.1 Å². The molecule has 0 aliphatic heterocycles. The highest BCUT2D eigenvalue weighted by molar-refractivity contribution is 7.11. The van der Waals surface area contributed by atoms with Crippen molar-refractivity contribution in [2.75, 3.05) is 11.9 Å². The number of amides is 3. The minimum atomic E-state index is -0.876. The summed E-state index contributed by atoms with van der Waals surface area (Å²) in [5.74, 6) is -2.14. The molecule has 1 aromatic carbocycles. The van der Waals surface area contributed by atoms with Gasteiger partial charge in [0.2, 0.25) is 5.88 Å². The largest absolute Gasteiger partial charge is 0.471 e. The molecule has 1 aliphatic carbocycles. The van der Waals surface area contributed by atoms with Crippen molar-refractivity contribution < 1.29 is 23.1 Å². The highest BCUT2D eigenvalue weighted by Crippen LogP contribution is 2.31. The Balaban J connectivity index is 1.70. The molecule has 0 saturated heterocycles. The molecule has 0 spiro atoms. The monoisotopic (exact) mass is 416 g/mol. The van der Waals surface area contributed by atoms with Crippen molar-refractivity contribution in [1.29, 1.82) is 0 Å². The summed E-state index contributed by atoms with van der Waals surface area (Å²) in [4.78, 5) is 23.6. The van der Waals surface area contributed by atoms with E-state index >= 15 is 0 Å². The number of nitrogens with zero attached hydrogens (tertiary/aromatic N) is 1. The molecule has 1 aliphatic rings. The zero-order chi connectivity index (χ0) is 19.6. The molecule has 0 atom stereocenters. The van der Waals surface area contributed by atoms with Crippen LogP contribution in [0.15, 0.2) is 12.1 Å². The number of anilines is 1. The Morgan fingerprint density at radius 1 is 1.33 bits per heavy atom. The first-order valence-electron chi connectivity index (χ1n) is 7.95. The lowest BCUT2D eigenvalue weighted by molar-refractivity contribution is 0.0996. The average molecular weight is 417 g/mol. The second kappa shape index (κ2) is 8.05. The second-order valence-electron chi connectivity index (χ2n) is 5.98. The summed E-state index contributed by atoms with van der Waals surface area (Å²) >= 11 is 6.29. The summed E-state index contributed by atoms with van der Waals surface area (Å²) in [7, 11) is 0. The molecule has 3 rings (SSSR count). The zero-order valence-electron chi connectivity index (χ0n) is 13.9. The normalized spacial score (nSPS) is 13.3. The van der Waals surface area contributed by atoms with Gasteiger partial charge in [0.25, 0.3) is 5.91 Å². The van der Waals surface area contributed by atoms with E-state index in [1.165, 1.54) is 0 Å². The van der Waals surface area contributed by atoms with Crippen LogP contribution in [0.25, 0.3) is 0 Å². The molecule has 27 heavy (non-hydrogen) atoms. The first-order valence-corrected chi connectivity index (χ1v) is 9.10. The number of carbonyl (C=O) groups is 2. The first kappa shape index (κ1) is 19.3. The highest BCUT2D eigenvalue weighted by Gasteiger charge is 2.24. The number of carbonyl (C=O) groups excluding carboxylic acids is 2. The fraction of sp³-hybridized carbons (Fsp3) is 0.312. The van der Waals surface area contributed by atoms with Crippen molar-refractivity contribution in [3.05, 3.63) is 39.9 Å². The third-order valence-electron chi connectivity index (χ3n) is 3.84. The van der Waals surface area contributed by atoms with Crippen LogP contribution in [0.2, 0.25) is 5.02 Å². The molecular formula is C16H15ClF2N4O3S. The van der Waals surface area contributed by atoms with Gasteiger partial charge in [-0.25, -0.2) is 13.6 Å². The first-order chi connectivity index (χ1) is 12.8. The van der Waals surface area contributed by atoms with Crippen LogP contribution in [0.1, 0.15) is 28.8 Å². The number of nitrogens with two attached hydrogens (primary N) is 1. The van der Waals surface area contributed by atoms with Gasteiger partial charge in [-0.3, -0.25) is 10.1 Å². The maximum Gasteiger partial charge on any atom is 0.319 e. The molecule has 11 heteroatoms. The number of hydrogen-bond acceptors (Lipinski definition) is 5. The van der Waals surface area contributed by atoms with Gasteiger partial charge in [-0.1, -0.05) is 11.6 Å². The molecular weight excluding hydrogens is 402 g/mol. The third kappa shape index (κ3) is 4.83. The van der Waals surface area contributed by atoms with E-state index in [0.717, 1.165) is 36.5 Å². The molecule has 7 nitrogen and oxygen atoms in total. The summed E-state index contributed by atoms with van der Waals surface area (Å²) in [5.41, 5.74) is 5.08. The van der Waals surface area contributed by atoms with Crippen molar-refractivity contribution >= 4 is 40.1 Å². The Morgan fingerprint density at radius 3 is 2.74 bits per heavy atom. The number of rotatable bonds is 7. The predicted octanol–water partition coefficient (Wildman–Crippen LogP) is 3.28. The summed E-state index contributed by atoms with van der Waals surface area (Å²) < 4.78 is 36.5. The van der Waals surface area contributed by atoms with Gasteiger partial charge in [0.1, 0.15) is 28.8 Å². The summed E-state index contributed by atoms with van der Waals surface area (Å²) in [6.45, 7) is 0.137. The fourth-order valence-corrected chi connectivity index (χ4v) is 3.09. The molecule has 1 heterocycles. The van der Waals surface area contributed by atoms with Crippen LogP contribution < -0.4 is 21.1 Å². The Labute approximate surface area is 162 Å². The molecule has 0 unspecified atom stereocenters. The summed E-state index contributed by atoms with van der Waals surface area (Å²) in [6, 6.07) is 1.21. The summed E-state index contributed by atoms with van der Waals surface area (Å²) in [5, 5.41) is 4.92. The fourth-order valence-electron chi connectivity index (χ4n) is 2.20.